The summed E-state index contributed by atoms with van der Waals surface area (Å²) in [5.74, 6) is 1.94. The van der Waals surface area contributed by atoms with E-state index < -0.39 is 0 Å². The Morgan fingerprint density at radius 2 is 1.97 bits per heavy atom. The van der Waals surface area contributed by atoms with Crippen molar-refractivity contribution in [3.63, 3.8) is 0 Å². The van der Waals surface area contributed by atoms with Crippen molar-refractivity contribution < 1.29 is 4.79 Å². The van der Waals surface area contributed by atoms with Crippen LogP contribution in [0.1, 0.15) is 30.4 Å². The van der Waals surface area contributed by atoms with E-state index in [-0.39, 0.29) is 35.8 Å². The summed E-state index contributed by atoms with van der Waals surface area (Å²) in [6.45, 7) is 8.81. The largest absolute Gasteiger partial charge is 0.356 e. The van der Waals surface area contributed by atoms with E-state index in [1.165, 1.54) is 5.56 Å². The first kappa shape index (κ1) is 25.2. The van der Waals surface area contributed by atoms with Crippen LogP contribution < -0.4 is 20.9 Å². The number of nitrogens with zero attached hydrogens (tertiary/aromatic N) is 4. The van der Waals surface area contributed by atoms with Crippen molar-refractivity contribution in [3.8, 4) is 0 Å². The molecular formula is C24H34IN7O. The molecular weight excluding hydrogens is 529 g/mol. The smallest absolute Gasteiger partial charge is 0.225 e. The molecule has 1 atom stereocenters. The number of benzene rings is 1. The van der Waals surface area contributed by atoms with Gasteiger partial charge in [0.05, 0.1) is 0 Å². The quantitative estimate of drug-likeness (QED) is 0.285. The highest BCUT2D eigenvalue weighted by molar-refractivity contribution is 14.0. The summed E-state index contributed by atoms with van der Waals surface area (Å²) in [7, 11) is 1.77. The maximum Gasteiger partial charge on any atom is 0.225 e. The van der Waals surface area contributed by atoms with Crippen molar-refractivity contribution in [1.29, 1.82) is 0 Å². The fourth-order valence-corrected chi connectivity index (χ4v) is 4.35. The first-order valence-corrected chi connectivity index (χ1v) is 11.4. The fraction of sp³-hybridized carbons (Fsp3) is 0.458. The molecule has 1 aromatic carbocycles. The Hall–Kier alpha value is -2.40. The molecule has 0 spiro atoms. The number of anilines is 2. The van der Waals surface area contributed by atoms with Gasteiger partial charge in [-0.25, -0.2) is 4.98 Å². The van der Waals surface area contributed by atoms with Crippen molar-refractivity contribution in [2.24, 2.45) is 4.99 Å². The molecule has 0 saturated carbocycles. The third-order valence-electron chi connectivity index (χ3n) is 6.26. The molecule has 1 saturated heterocycles. The first-order chi connectivity index (χ1) is 15.7. The van der Waals surface area contributed by atoms with Gasteiger partial charge in [-0.15, -0.1) is 24.0 Å². The molecule has 33 heavy (non-hydrogen) atoms. The Kier molecular flexibility index (Phi) is 9.30. The maximum absolute atomic E-state index is 12.1. The standard InChI is InChI=1S/C24H33N7O.HI/c1-3-30-10-12-31(13-11-30)22-14-18(8-9-26-22)16-27-24(25-2)28-17-19-15-23(32)29-21-7-5-4-6-20(19)21;/h4-9,14,19H,3,10-13,15-17H2,1-2H3,(H,29,32)(H2,25,27,28);1H. The lowest BCUT2D eigenvalue weighted by Crippen LogP contribution is -2.46. The highest BCUT2D eigenvalue weighted by Gasteiger charge is 2.24. The molecule has 3 N–H and O–H groups in total. The van der Waals surface area contributed by atoms with E-state index in [9.17, 15) is 4.79 Å². The summed E-state index contributed by atoms with van der Waals surface area (Å²) >= 11 is 0. The third-order valence-corrected chi connectivity index (χ3v) is 6.26. The summed E-state index contributed by atoms with van der Waals surface area (Å²) in [4.78, 5) is 25.8. The number of carbonyl (C=O) groups is 1. The number of piperazine rings is 1. The summed E-state index contributed by atoms with van der Waals surface area (Å²) in [6.07, 6.45) is 2.35. The topological polar surface area (TPSA) is 84.9 Å². The molecule has 1 unspecified atom stereocenters. The molecule has 8 nitrogen and oxygen atoms in total. The van der Waals surface area contributed by atoms with Crippen molar-refractivity contribution in [2.45, 2.75) is 25.8 Å². The number of carbonyl (C=O) groups excluding carboxylic acids is 1. The minimum absolute atomic E-state index is 0. The molecule has 2 aromatic rings. The van der Waals surface area contributed by atoms with Gasteiger partial charge in [-0.2, -0.15) is 0 Å². The van der Waals surface area contributed by atoms with Crippen LogP contribution in [0.2, 0.25) is 0 Å². The second-order valence-corrected chi connectivity index (χ2v) is 8.29. The predicted molar refractivity (Wildman–Crippen MR) is 145 cm³/mol. The second-order valence-electron chi connectivity index (χ2n) is 8.29. The van der Waals surface area contributed by atoms with Crippen LogP contribution in [0, 0.1) is 0 Å². The first-order valence-electron chi connectivity index (χ1n) is 11.4. The van der Waals surface area contributed by atoms with Crippen LogP contribution in [0.3, 0.4) is 0 Å². The van der Waals surface area contributed by atoms with E-state index >= 15 is 0 Å². The number of guanidine groups is 1. The van der Waals surface area contributed by atoms with E-state index in [4.69, 9.17) is 0 Å². The lowest BCUT2D eigenvalue weighted by Gasteiger charge is -2.34. The minimum atomic E-state index is 0. The van der Waals surface area contributed by atoms with E-state index in [1.807, 2.05) is 30.5 Å². The number of pyridine rings is 1. The zero-order valence-corrected chi connectivity index (χ0v) is 21.7. The molecule has 1 fully saturated rings. The van der Waals surface area contributed by atoms with Gasteiger partial charge in [0, 0.05) is 70.5 Å². The van der Waals surface area contributed by atoms with Crippen LogP contribution in [-0.2, 0) is 11.3 Å². The molecule has 0 aliphatic carbocycles. The number of hydrogen-bond acceptors (Lipinski definition) is 5. The Balaban J connectivity index is 0.00000306. The highest BCUT2D eigenvalue weighted by atomic mass is 127. The van der Waals surface area contributed by atoms with Crippen molar-refractivity contribution in [1.82, 2.24) is 20.5 Å². The molecule has 0 radical (unpaired) electrons. The fourth-order valence-electron chi connectivity index (χ4n) is 4.35. The number of para-hydroxylation sites is 1. The van der Waals surface area contributed by atoms with Gasteiger partial charge in [-0.1, -0.05) is 25.1 Å². The number of halogens is 1. The molecule has 1 amide bonds. The zero-order valence-electron chi connectivity index (χ0n) is 19.4. The van der Waals surface area contributed by atoms with Crippen molar-refractivity contribution in [2.75, 3.05) is 56.5 Å². The summed E-state index contributed by atoms with van der Waals surface area (Å²) in [5.41, 5.74) is 3.23. The molecule has 4 rings (SSSR count). The third kappa shape index (κ3) is 6.57. The van der Waals surface area contributed by atoms with Crippen molar-refractivity contribution >= 4 is 47.3 Å². The number of fused-ring (bicyclic) bond motifs is 1. The lowest BCUT2D eigenvalue weighted by atomic mass is 9.90. The van der Waals surface area contributed by atoms with Gasteiger partial charge in [0.2, 0.25) is 5.91 Å². The van der Waals surface area contributed by atoms with Crippen LogP contribution >= 0.6 is 24.0 Å². The Labute approximate surface area is 213 Å². The van der Waals surface area contributed by atoms with Crippen LogP contribution in [0.25, 0.3) is 0 Å². The Morgan fingerprint density at radius 3 is 2.73 bits per heavy atom. The molecule has 1 aromatic heterocycles. The Morgan fingerprint density at radius 1 is 1.18 bits per heavy atom. The SMILES string of the molecule is CCN1CCN(c2cc(CNC(=NC)NCC3CC(=O)Nc4ccccc43)ccn2)CC1.I. The normalized spacial score (nSPS) is 18.7. The summed E-state index contributed by atoms with van der Waals surface area (Å²) in [5, 5.41) is 9.73. The number of hydrogen-bond donors (Lipinski definition) is 3. The van der Waals surface area contributed by atoms with E-state index in [0.717, 1.165) is 55.8 Å². The van der Waals surface area contributed by atoms with Gasteiger partial charge < -0.3 is 25.8 Å². The molecule has 9 heteroatoms. The van der Waals surface area contributed by atoms with Crippen LogP contribution in [0.4, 0.5) is 11.5 Å². The van der Waals surface area contributed by atoms with E-state index in [1.54, 1.807) is 7.05 Å². The van der Waals surface area contributed by atoms with Gasteiger partial charge in [0.1, 0.15) is 5.82 Å². The molecule has 178 valence electrons. The van der Waals surface area contributed by atoms with Gasteiger partial charge in [-0.3, -0.25) is 9.79 Å². The molecule has 3 heterocycles. The van der Waals surface area contributed by atoms with E-state index in [0.29, 0.717) is 19.5 Å². The number of aliphatic imine (C=N–C) groups is 1. The summed E-state index contributed by atoms with van der Waals surface area (Å²) < 4.78 is 0. The van der Waals surface area contributed by atoms with Crippen LogP contribution in [0.15, 0.2) is 47.6 Å². The van der Waals surface area contributed by atoms with Crippen LogP contribution in [0.5, 0.6) is 0 Å². The Bertz CT molecular complexity index is 959. The van der Waals surface area contributed by atoms with Crippen molar-refractivity contribution in [3.05, 3.63) is 53.7 Å². The molecule has 0 bridgehead atoms. The number of amides is 1. The number of aromatic nitrogens is 1. The minimum Gasteiger partial charge on any atom is -0.356 e. The highest BCUT2D eigenvalue weighted by Crippen LogP contribution is 2.31. The second kappa shape index (κ2) is 12.2. The lowest BCUT2D eigenvalue weighted by molar-refractivity contribution is -0.116. The van der Waals surface area contributed by atoms with Crippen LogP contribution in [-0.4, -0.2) is 68.1 Å². The van der Waals surface area contributed by atoms with Gasteiger partial charge >= 0.3 is 0 Å². The average Bonchev–Trinajstić information content (AvgIpc) is 2.84. The van der Waals surface area contributed by atoms with E-state index in [2.05, 4.69) is 54.8 Å². The number of rotatable bonds is 6. The number of likely N-dealkylation sites (N-methyl/N-ethyl adjacent to an activating group) is 1. The maximum atomic E-state index is 12.1. The average molecular weight is 563 g/mol. The monoisotopic (exact) mass is 563 g/mol. The van der Waals surface area contributed by atoms with Gasteiger partial charge in [-0.05, 0) is 35.9 Å². The number of nitrogens with one attached hydrogen (secondary N) is 3. The van der Waals surface area contributed by atoms with Gasteiger partial charge in [0.25, 0.3) is 0 Å². The molecule has 2 aliphatic heterocycles. The van der Waals surface area contributed by atoms with Gasteiger partial charge in [0.15, 0.2) is 5.96 Å². The summed E-state index contributed by atoms with van der Waals surface area (Å²) in [6, 6.07) is 12.2. The zero-order chi connectivity index (χ0) is 22.3. The predicted octanol–water partition coefficient (Wildman–Crippen LogP) is 2.63. The molecule has 2 aliphatic rings.